The van der Waals surface area contributed by atoms with Crippen molar-refractivity contribution in [1.82, 2.24) is 10.2 Å². The van der Waals surface area contributed by atoms with Crippen LogP contribution in [0.5, 0.6) is 0 Å². The summed E-state index contributed by atoms with van der Waals surface area (Å²) in [6.45, 7) is 2.98. The SMILES string of the molecule is Cc1ccccc1CCN(CCC(=O)O)C(=O)c1ccccc1-c1ccccc1C(=O)NCCc1ccccc1. The Morgan fingerprint density at radius 3 is 2.00 bits per heavy atom. The molecule has 0 bridgehead atoms. The van der Waals surface area contributed by atoms with Gasteiger partial charge in [0.2, 0.25) is 0 Å². The molecule has 0 saturated heterocycles. The minimum Gasteiger partial charge on any atom is -0.481 e. The molecule has 0 spiro atoms. The number of rotatable bonds is 12. The molecule has 4 rings (SSSR count). The summed E-state index contributed by atoms with van der Waals surface area (Å²) in [5.74, 6) is -1.43. The van der Waals surface area contributed by atoms with E-state index in [4.69, 9.17) is 0 Å². The van der Waals surface area contributed by atoms with E-state index >= 15 is 0 Å². The van der Waals surface area contributed by atoms with Crippen molar-refractivity contribution in [1.29, 1.82) is 0 Å². The summed E-state index contributed by atoms with van der Waals surface area (Å²) in [6.07, 6.45) is 1.17. The standard InChI is InChI=1S/C34H34N2O4/c1-25-11-5-6-14-27(25)20-23-36(24-21-32(37)38)34(40)31-18-10-8-16-29(31)28-15-7-9-17-30(28)33(39)35-22-19-26-12-3-2-4-13-26/h2-18H,19-24H2,1H3,(H,35,39)(H,37,38). The first-order valence-corrected chi connectivity index (χ1v) is 13.5. The number of nitrogens with zero attached hydrogens (tertiary/aromatic N) is 1. The van der Waals surface area contributed by atoms with Gasteiger partial charge in [-0.05, 0) is 59.7 Å². The molecule has 0 aliphatic rings. The van der Waals surface area contributed by atoms with Crippen molar-refractivity contribution in [3.05, 3.63) is 131 Å². The Morgan fingerprint density at radius 2 is 1.30 bits per heavy atom. The molecule has 0 aliphatic carbocycles. The van der Waals surface area contributed by atoms with Crippen LogP contribution in [0.25, 0.3) is 11.1 Å². The molecule has 0 atom stereocenters. The molecule has 2 N–H and O–H groups in total. The Bertz CT molecular complexity index is 1470. The summed E-state index contributed by atoms with van der Waals surface area (Å²) in [4.78, 5) is 40.1. The van der Waals surface area contributed by atoms with Gasteiger partial charge in [0.15, 0.2) is 0 Å². The van der Waals surface area contributed by atoms with Gasteiger partial charge in [-0.25, -0.2) is 0 Å². The maximum Gasteiger partial charge on any atom is 0.305 e. The number of nitrogens with one attached hydrogen (secondary N) is 1. The summed E-state index contributed by atoms with van der Waals surface area (Å²) < 4.78 is 0. The topological polar surface area (TPSA) is 86.7 Å². The van der Waals surface area contributed by atoms with Gasteiger partial charge in [-0.15, -0.1) is 0 Å². The number of hydrogen-bond donors (Lipinski definition) is 2. The minimum absolute atomic E-state index is 0.0933. The largest absolute Gasteiger partial charge is 0.481 e. The van der Waals surface area contributed by atoms with Crippen molar-refractivity contribution >= 4 is 17.8 Å². The molecule has 6 nitrogen and oxygen atoms in total. The number of carbonyl (C=O) groups excluding carboxylic acids is 2. The molecule has 0 heterocycles. The van der Waals surface area contributed by atoms with Gasteiger partial charge in [-0.3, -0.25) is 14.4 Å². The van der Waals surface area contributed by atoms with E-state index in [0.717, 1.165) is 16.7 Å². The summed E-state index contributed by atoms with van der Waals surface area (Å²) in [7, 11) is 0. The molecule has 4 aromatic carbocycles. The van der Waals surface area contributed by atoms with Crippen molar-refractivity contribution in [2.75, 3.05) is 19.6 Å². The lowest BCUT2D eigenvalue weighted by Crippen LogP contribution is -2.35. The third-order valence-electron chi connectivity index (χ3n) is 6.96. The van der Waals surface area contributed by atoms with Crippen LogP contribution < -0.4 is 5.32 Å². The average Bonchev–Trinajstić information content (AvgIpc) is 2.98. The second kappa shape index (κ2) is 13.9. The molecule has 0 fully saturated rings. The molecule has 0 saturated carbocycles. The van der Waals surface area contributed by atoms with E-state index in [0.29, 0.717) is 48.2 Å². The number of aryl methyl sites for hydroxylation is 1. The van der Waals surface area contributed by atoms with Crippen molar-refractivity contribution in [3.8, 4) is 11.1 Å². The van der Waals surface area contributed by atoms with Crippen LogP contribution in [0, 0.1) is 6.92 Å². The molecule has 0 radical (unpaired) electrons. The van der Waals surface area contributed by atoms with Crippen LogP contribution in [0.2, 0.25) is 0 Å². The first-order chi connectivity index (χ1) is 19.4. The van der Waals surface area contributed by atoms with Gasteiger partial charge in [0.1, 0.15) is 0 Å². The lowest BCUT2D eigenvalue weighted by molar-refractivity contribution is -0.137. The summed E-state index contributed by atoms with van der Waals surface area (Å²) in [6, 6.07) is 32.4. The molecular formula is C34H34N2O4. The van der Waals surface area contributed by atoms with Gasteiger partial charge in [0.05, 0.1) is 6.42 Å². The quantitative estimate of drug-likeness (QED) is 0.241. The number of amides is 2. The van der Waals surface area contributed by atoms with Crippen molar-refractivity contribution in [2.45, 2.75) is 26.2 Å². The second-order valence-electron chi connectivity index (χ2n) is 9.70. The molecule has 0 aromatic heterocycles. The zero-order chi connectivity index (χ0) is 28.3. The van der Waals surface area contributed by atoms with Gasteiger partial charge in [0.25, 0.3) is 11.8 Å². The Hall–Kier alpha value is -4.71. The van der Waals surface area contributed by atoms with Gasteiger partial charge in [0, 0.05) is 30.8 Å². The van der Waals surface area contributed by atoms with Crippen LogP contribution in [0.3, 0.4) is 0 Å². The summed E-state index contributed by atoms with van der Waals surface area (Å²) in [5.41, 5.74) is 5.58. The predicted molar refractivity (Wildman–Crippen MR) is 157 cm³/mol. The smallest absolute Gasteiger partial charge is 0.305 e. The lowest BCUT2D eigenvalue weighted by Gasteiger charge is -2.24. The third-order valence-corrected chi connectivity index (χ3v) is 6.96. The van der Waals surface area contributed by atoms with E-state index in [9.17, 15) is 19.5 Å². The highest BCUT2D eigenvalue weighted by Crippen LogP contribution is 2.28. The fourth-order valence-corrected chi connectivity index (χ4v) is 4.74. The van der Waals surface area contributed by atoms with Crippen LogP contribution in [0.15, 0.2) is 103 Å². The average molecular weight is 535 g/mol. The maximum absolute atomic E-state index is 13.9. The zero-order valence-corrected chi connectivity index (χ0v) is 22.7. The van der Waals surface area contributed by atoms with E-state index in [1.54, 1.807) is 29.2 Å². The van der Waals surface area contributed by atoms with Crippen LogP contribution in [-0.2, 0) is 17.6 Å². The first kappa shape index (κ1) is 28.3. The van der Waals surface area contributed by atoms with E-state index in [1.807, 2.05) is 85.8 Å². The molecule has 204 valence electrons. The zero-order valence-electron chi connectivity index (χ0n) is 22.7. The highest BCUT2D eigenvalue weighted by molar-refractivity contribution is 6.06. The van der Waals surface area contributed by atoms with Crippen LogP contribution in [0.1, 0.15) is 43.8 Å². The summed E-state index contributed by atoms with van der Waals surface area (Å²) in [5, 5.41) is 12.3. The highest BCUT2D eigenvalue weighted by Gasteiger charge is 2.22. The Morgan fingerprint density at radius 1 is 0.700 bits per heavy atom. The number of hydrogen-bond acceptors (Lipinski definition) is 3. The minimum atomic E-state index is -0.959. The maximum atomic E-state index is 13.9. The van der Waals surface area contributed by atoms with Crippen LogP contribution in [0.4, 0.5) is 0 Å². The number of aliphatic carboxylic acids is 1. The number of carboxylic acid groups (broad SMARTS) is 1. The molecular weight excluding hydrogens is 500 g/mol. The third kappa shape index (κ3) is 7.44. The van der Waals surface area contributed by atoms with E-state index in [1.165, 1.54) is 0 Å². The predicted octanol–water partition coefficient (Wildman–Crippen LogP) is 5.79. The van der Waals surface area contributed by atoms with Gasteiger partial charge >= 0.3 is 5.97 Å². The number of carboxylic acids is 1. The van der Waals surface area contributed by atoms with Crippen LogP contribution in [-0.4, -0.2) is 47.4 Å². The normalized spacial score (nSPS) is 10.6. The molecule has 0 unspecified atom stereocenters. The number of benzene rings is 4. The van der Waals surface area contributed by atoms with Crippen molar-refractivity contribution in [3.63, 3.8) is 0 Å². The van der Waals surface area contributed by atoms with Gasteiger partial charge in [-0.1, -0.05) is 91.0 Å². The first-order valence-electron chi connectivity index (χ1n) is 13.5. The van der Waals surface area contributed by atoms with E-state index in [-0.39, 0.29) is 24.8 Å². The molecule has 2 amide bonds. The fourth-order valence-electron chi connectivity index (χ4n) is 4.74. The van der Waals surface area contributed by atoms with Gasteiger partial charge in [-0.2, -0.15) is 0 Å². The van der Waals surface area contributed by atoms with Gasteiger partial charge < -0.3 is 15.3 Å². The Kier molecular flexibility index (Phi) is 9.83. The van der Waals surface area contributed by atoms with E-state index < -0.39 is 5.97 Å². The molecule has 6 heteroatoms. The second-order valence-corrected chi connectivity index (χ2v) is 9.70. The molecule has 40 heavy (non-hydrogen) atoms. The lowest BCUT2D eigenvalue weighted by atomic mass is 9.94. The monoisotopic (exact) mass is 534 g/mol. The van der Waals surface area contributed by atoms with Crippen LogP contribution >= 0.6 is 0 Å². The number of carbonyl (C=O) groups is 3. The molecule has 0 aliphatic heterocycles. The molecule has 4 aromatic rings. The Balaban J connectivity index is 1.57. The van der Waals surface area contributed by atoms with E-state index in [2.05, 4.69) is 5.32 Å². The highest BCUT2D eigenvalue weighted by atomic mass is 16.4. The Labute approximate surface area is 235 Å². The van der Waals surface area contributed by atoms with Crippen molar-refractivity contribution in [2.24, 2.45) is 0 Å². The summed E-state index contributed by atoms with van der Waals surface area (Å²) >= 11 is 0. The van der Waals surface area contributed by atoms with Crippen molar-refractivity contribution < 1.29 is 19.5 Å². The fraction of sp³-hybridized carbons (Fsp3) is 0.206.